The summed E-state index contributed by atoms with van der Waals surface area (Å²) in [5.41, 5.74) is -1.10. The molecule has 0 spiro atoms. The van der Waals surface area contributed by atoms with Gasteiger partial charge in [-0.3, -0.25) is 4.79 Å². The smallest absolute Gasteiger partial charge is 0.240 e. The fourth-order valence-electron chi connectivity index (χ4n) is 6.05. The summed E-state index contributed by atoms with van der Waals surface area (Å²) in [5, 5.41) is 31.8. The average Bonchev–Trinajstić information content (AvgIpc) is 2.93. The lowest BCUT2D eigenvalue weighted by Gasteiger charge is -2.61. The lowest BCUT2D eigenvalue weighted by molar-refractivity contribution is -0.257. The number of hydrogen-bond donors (Lipinski definition) is 2. The topological polar surface area (TPSA) is 87.8 Å². The molecule has 0 aromatic heterocycles. The molecule has 5 fully saturated rings. The van der Waals surface area contributed by atoms with Gasteiger partial charge in [-0.15, -0.1) is 0 Å². The highest BCUT2D eigenvalue weighted by Crippen LogP contribution is 2.59. The van der Waals surface area contributed by atoms with Crippen LogP contribution in [-0.2, 0) is 4.79 Å². The molecule has 4 bridgehead atoms. The molecule has 5 rings (SSSR count). The van der Waals surface area contributed by atoms with Gasteiger partial charge in [0.1, 0.15) is 12.6 Å². The minimum Gasteiger partial charge on any atom is -0.390 e. The number of likely N-dealkylation sites (tertiary alicyclic amines) is 1. The van der Waals surface area contributed by atoms with Crippen molar-refractivity contribution >= 4 is 5.91 Å². The van der Waals surface area contributed by atoms with Crippen LogP contribution in [0.15, 0.2) is 0 Å². The molecule has 1 aliphatic heterocycles. The predicted octanol–water partition coefficient (Wildman–Crippen LogP) is 1.28. The monoisotopic (exact) mass is 319 g/mol. The third-order valence-corrected chi connectivity index (χ3v) is 6.55. The Balaban J connectivity index is 1.48. The predicted molar refractivity (Wildman–Crippen MR) is 81.2 cm³/mol. The van der Waals surface area contributed by atoms with Crippen LogP contribution in [0, 0.1) is 23.2 Å². The number of rotatable bonds is 3. The van der Waals surface area contributed by atoms with E-state index in [2.05, 4.69) is 6.07 Å². The van der Waals surface area contributed by atoms with E-state index in [0.717, 1.165) is 44.9 Å². The highest BCUT2D eigenvalue weighted by Gasteiger charge is 2.59. The highest BCUT2D eigenvalue weighted by atomic mass is 16.5. The van der Waals surface area contributed by atoms with Crippen LogP contribution in [0.5, 0.6) is 0 Å². The van der Waals surface area contributed by atoms with Gasteiger partial charge in [0.25, 0.3) is 0 Å². The summed E-state index contributed by atoms with van der Waals surface area (Å²) in [6.45, 7) is 0.542. The number of hydrogen-bond acceptors (Lipinski definition) is 5. The van der Waals surface area contributed by atoms with Crippen LogP contribution in [0.1, 0.15) is 51.4 Å². The Bertz CT molecular complexity index is 544. The first-order chi connectivity index (χ1) is 10.9. The van der Waals surface area contributed by atoms with E-state index >= 15 is 0 Å². The molecule has 0 aromatic carbocycles. The van der Waals surface area contributed by atoms with Crippen molar-refractivity contribution in [1.29, 1.82) is 5.26 Å². The zero-order valence-electron chi connectivity index (χ0n) is 13.4. The van der Waals surface area contributed by atoms with Crippen molar-refractivity contribution in [3.8, 4) is 6.07 Å². The van der Waals surface area contributed by atoms with E-state index in [1.54, 1.807) is 4.90 Å². The summed E-state index contributed by atoms with van der Waals surface area (Å²) in [6.07, 6.45) is 6.72. The number of carbonyl (C=O) groups is 1. The molecule has 1 heterocycles. The summed E-state index contributed by atoms with van der Waals surface area (Å²) in [4.78, 5) is 14.1. The molecule has 1 saturated heterocycles. The van der Waals surface area contributed by atoms with Crippen LogP contribution in [0.25, 0.3) is 0 Å². The Labute approximate surface area is 136 Å². The van der Waals surface area contributed by atoms with Crippen LogP contribution in [0.4, 0.5) is 0 Å². The van der Waals surface area contributed by atoms with E-state index in [1.807, 2.05) is 0 Å². The summed E-state index contributed by atoms with van der Waals surface area (Å²) in [7, 11) is 0. The van der Waals surface area contributed by atoms with Gasteiger partial charge < -0.3 is 15.2 Å². The van der Waals surface area contributed by atoms with E-state index < -0.39 is 11.1 Å². The van der Waals surface area contributed by atoms with Crippen molar-refractivity contribution in [3.63, 3.8) is 0 Å². The first-order valence-electron chi connectivity index (χ1n) is 8.81. The minimum absolute atomic E-state index is 0.0618. The Hall–Kier alpha value is -1.16. The standard InChI is InChI=1S/C17H25N3O3/c18-9-14-2-1-3-19(14)15(21)10-20(23)16-5-12-4-13(6-16)8-17(22,7-12)11-16/h12-14,22-23H,1-8,10-11H2/t12-,13+,14-,16?,17?/m0/s1. The average molecular weight is 319 g/mol. The van der Waals surface area contributed by atoms with Crippen LogP contribution in [0.2, 0.25) is 0 Å². The molecule has 5 atom stereocenters. The van der Waals surface area contributed by atoms with Gasteiger partial charge in [0.05, 0.1) is 11.7 Å². The van der Waals surface area contributed by atoms with Crippen molar-refractivity contribution in [1.82, 2.24) is 9.96 Å². The summed E-state index contributed by atoms with van der Waals surface area (Å²) in [6, 6.07) is 1.82. The van der Waals surface area contributed by atoms with E-state index in [0.29, 0.717) is 24.8 Å². The van der Waals surface area contributed by atoms with Crippen molar-refractivity contribution in [2.75, 3.05) is 13.1 Å². The number of nitrogens with zero attached hydrogens (tertiary/aromatic N) is 3. The van der Waals surface area contributed by atoms with E-state index in [9.17, 15) is 15.1 Å². The van der Waals surface area contributed by atoms with Gasteiger partial charge in [0.15, 0.2) is 0 Å². The zero-order chi connectivity index (χ0) is 16.2. The molecule has 1 amide bonds. The second-order valence-electron chi connectivity index (χ2n) is 8.34. The number of aliphatic hydroxyl groups is 1. The van der Waals surface area contributed by atoms with Gasteiger partial charge in [-0.2, -0.15) is 10.3 Å². The summed E-state index contributed by atoms with van der Waals surface area (Å²) in [5.74, 6) is 0.758. The molecule has 4 aliphatic carbocycles. The second kappa shape index (κ2) is 5.17. The Morgan fingerprint density at radius 3 is 2.61 bits per heavy atom. The lowest BCUT2D eigenvalue weighted by Crippen LogP contribution is -2.65. The Morgan fingerprint density at radius 1 is 1.30 bits per heavy atom. The van der Waals surface area contributed by atoms with Gasteiger partial charge in [0, 0.05) is 12.1 Å². The number of carbonyl (C=O) groups excluding carboxylic acids is 1. The van der Waals surface area contributed by atoms with Crippen molar-refractivity contribution in [2.24, 2.45) is 11.8 Å². The molecule has 126 valence electrons. The van der Waals surface area contributed by atoms with Gasteiger partial charge in [-0.05, 0) is 63.2 Å². The number of hydroxylamine groups is 2. The lowest BCUT2D eigenvalue weighted by atomic mass is 9.51. The zero-order valence-corrected chi connectivity index (χ0v) is 13.4. The first kappa shape index (κ1) is 15.4. The van der Waals surface area contributed by atoms with Gasteiger partial charge in [0.2, 0.25) is 5.91 Å². The summed E-state index contributed by atoms with van der Waals surface area (Å²) >= 11 is 0. The number of amides is 1. The molecule has 5 aliphatic rings. The van der Waals surface area contributed by atoms with Gasteiger partial charge in [-0.25, -0.2) is 0 Å². The van der Waals surface area contributed by atoms with Crippen LogP contribution in [0.3, 0.4) is 0 Å². The fourth-order valence-corrected chi connectivity index (χ4v) is 6.05. The third-order valence-electron chi connectivity index (χ3n) is 6.55. The van der Waals surface area contributed by atoms with Crippen molar-refractivity contribution in [3.05, 3.63) is 0 Å². The fraction of sp³-hybridized carbons (Fsp3) is 0.882. The molecular weight excluding hydrogens is 294 g/mol. The van der Waals surface area contributed by atoms with Gasteiger partial charge >= 0.3 is 0 Å². The molecule has 6 nitrogen and oxygen atoms in total. The maximum atomic E-state index is 12.5. The summed E-state index contributed by atoms with van der Waals surface area (Å²) < 4.78 is 0. The Morgan fingerprint density at radius 2 is 2.00 bits per heavy atom. The van der Waals surface area contributed by atoms with E-state index in [4.69, 9.17) is 5.26 Å². The van der Waals surface area contributed by atoms with Crippen LogP contribution >= 0.6 is 0 Å². The molecule has 4 saturated carbocycles. The van der Waals surface area contributed by atoms with E-state index in [-0.39, 0.29) is 18.5 Å². The van der Waals surface area contributed by atoms with E-state index in [1.165, 1.54) is 5.06 Å². The largest absolute Gasteiger partial charge is 0.390 e. The molecule has 0 aromatic rings. The normalized spacial score (nSPS) is 44.8. The molecule has 2 N–H and O–H groups in total. The molecular formula is C17H25N3O3. The second-order valence-corrected chi connectivity index (χ2v) is 8.34. The molecule has 6 heteroatoms. The highest BCUT2D eigenvalue weighted by molar-refractivity contribution is 5.79. The molecule has 23 heavy (non-hydrogen) atoms. The van der Waals surface area contributed by atoms with Crippen molar-refractivity contribution < 1.29 is 15.1 Å². The SMILES string of the molecule is N#C[C@@H]1CCCN1C(=O)CN(O)C12C[C@@H]3C[C@@H](CC(O)(C3)C1)C2. The Kier molecular flexibility index (Phi) is 3.45. The minimum atomic E-state index is -0.656. The molecule has 2 unspecified atom stereocenters. The van der Waals surface area contributed by atoms with Crippen LogP contribution < -0.4 is 0 Å². The molecule has 0 radical (unpaired) electrons. The quantitative estimate of drug-likeness (QED) is 0.765. The van der Waals surface area contributed by atoms with Crippen LogP contribution in [-0.4, -0.2) is 56.5 Å². The number of nitriles is 1. The maximum absolute atomic E-state index is 12.5. The van der Waals surface area contributed by atoms with Gasteiger partial charge in [-0.1, -0.05) is 0 Å². The van der Waals surface area contributed by atoms with Crippen molar-refractivity contribution in [2.45, 2.75) is 68.5 Å². The third kappa shape index (κ3) is 2.46. The first-order valence-corrected chi connectivity index (χ1v) is 8.81. The maximum Gasteiger partial charge on any atom is 0.240 e.